The van der Waals surface area contributed by atoms with E-state index < -0.39 is 41.3 Å². The number of alkyl halides is 8. The zero-order valence-electron chi connectivity index (χ0n) is 21.2. The molecule has 0 radical (unpaired) electrons. The highest BCUT2D eigenvalue weighted by Crippen LogP contribution is 2.30. The van der Waals surface area contributed by atoms with Gasteiger partial charge in [-0.25, -0.2) is 15.1 Å². The third-order valence-electron chi connectivity index (χ3n) is 5.50. The van der Waals surface area contributed by atoms with E-state index in [4.69, 9.17) is 5.73 Å². The minimum absolute atomic E-state index is 0.0484. The third-order valence-corrected chi connectivity index (χ3v) is 5.50. The van der Waals surface area contributed by atoms with Gasteiger partial charge in [0.2, 0.25) is 0 Å². The van der Waals surface area contributed by atoms with E-state index in [9.17, 15) is 44.7 Å². The zero-order valence-corrected chi connectivity index (χ0v) is 21.2. The zero-order chi connectivity index (χ0) is 31.1. The molecule has 0 amide bonds. The Labute approximate surface area is 230 Å². The predicted molar refractivity (Wildman–Crippen MR) is 132 cm³/mol. The number of nitrogens with one attached hydrogen (secondary N) is 1. The van der Waals surface area contributed by atoms with Gasteiger partial charge in [0.1, 0.15) is 5.56 Å². The van der Waals surface area contributed by atoms with Crippen molar-refractivity contribution < 1.29 is 39.9 Å². The summed E-state index contributed by atoms with van der Waals surface area (Å²) < 4.78 is 103. The highest BCUT2D eigenvalue weighted by molar-refractivity contribution is 5.76. The molecule has 0 atom stereocenters. The van der Waals surface area contributed by atoms with Gasteiger partial charge in [-0.15, -0.1) is 0 Å². The number of fused-ring (bicyclic) bond motifs is 1. The summed E-state index contributed by atoms with van der Waals surface area (Å²) in [5, 5.41) is 5.00. The number of nitrogen functional groups attached to an aromatic ring is 1. The molecule has 18 heteroatoms. The second kappa shape index (κ2) is 13.5. The van der Waals surface area contributed by atoms with E-state index in [1.165, 1.54) is 29.1 Å². The molecule has 3 N–H and O–H groups in total. The van der Waals surface area contributed by atoms with Gasteiger partial charge in [0, 0.05) is 12.7 Å². The molecule has 0 aromatic carbocycles. The van der Waals surface area contributed by atoms with Crippen LogP contribution in [0.4, 0.5) is 40.8 Å². The predicted octanol–water partition coefficient (Wildman–Crippen LogP) is 4.65. The summed E-state index contributed by atoms with van der Waals surface area (Å²) in [5.74, 6) is 0. The van der Waals surface area contributed by atoms with Crippen LogP contribution in [0.2, 0.25) is 0 Å². The van der Waals surface area contributed by atoms with Crippen LogP contribution < -0.4 is 16.9 Å². The maximum Gasteiger partial charge on any atom is 0.423 e. The first-order chi connectivity index (χ1) is 19.7. The molecule has 0 spiro atoms. The number of pyridine rings is 2. The van der Waals surface area contributed by atoms with E-state index in [0.717, 1.165) is 18.5 Å². The number of hydrogen-bond acceptors (Lipinski definition) is 8. The summed E-state index contributed by atoms with van der Waals surface area (Å²) in [6.07, 6.45) is -4.79. The first kappa shape index (κ1) is 32.0. The second-order valence-electron chi connectivity index (χ2n) is 8.46. The average Bonchev–Trinajstić information content (AvgIpc) is 2.90. The summed E-state index contributed by atoms with van der Waals surface area (Å²) >= 11 is 0. The van der Waals surface area contributed by atoms with E-state index in [-0.39, 0.29) is 28.9 Å². The van der Waals surface area contributed by atoms with Gasteiger partial charge in [0.15, 0.2) is 5.65 Å². The number of hydrogen-bond donors (Lipinski definition) is 2. The maximum atomic E-state index is 12.7. The van der Waals surface area contributed by atoms with Gasteiger partial charge in [-0.2, -0.15) is 40.2 Å². The van der Waals surface area contributed by atoms with Crippen molar-refractivity contribution in [1.29, 1.82) is 0 Å². The number of nitrogens with two attached hydrogens (primary N) is 1. The van der Waals surface area contributed by atoms with Crippen molar-refractivity contribution in [3.63, 3.8) is 0 Å². The lowest BCUT2D eigenvalue weighted by molar-refractivity contribution is -0.138. The maximum absolute atomic E-state index is 12.7. The van der Waals surface area contributed by atoms with Gasteiger partial charge in [0.05, 0.1) is 47.2 Å². The quantitative estimate of drug-likeness (QED) is 0.218. The van der Waals surface area contributed by atoms with Crippen molar-refractivity contribution in [2.24, 2.45) is 0 Å². The van der Waals surface area contributed by atoms with E-state index in [2.05, 4.69) is 24.8 Å². The number of aryl methyl sites for hydroxylation is 1. The molecule has 42 heavy (non-hydrogen) atoms. The first-order valence-electron chi connectivity index (χ1n) is 11.9. The van der Waals surface area contributed by atoms with Crippen molar-refractivity contribution in [1.82, 2.24) is 29.7 Å². The summed E-state index contributed by atoms with van der Waals surface area (Å²) in [4.78, 5) is 35.3. The van der Waals surface area contributed by atoms with Gasteiger partial charge in [-0.1, -0.05) is 0 Å². The Morgan fingerprint density at radius 1 is 0.905 bits per heavy atom. The average molecular weight is 607 g/mol. The fraction of sp³-hybridized carbons (Fsp3) is 0.333. The number of aromatic amines is 1. The van der Waals surface area contributed by atoms with Crippen molar-refractivity contribution in [2.75, 3.05) is 12.3 Å². The number of anilines is 1. The Morgan fingerprint density at radius 3 is 2.19 bits per heavy atom. The largest absolute Gasteiger partial charge is 0.423 e. The summed E-state index contributed by atoms with van der Waals surface area (Å²) in [7, 11) is 0. The molecule has 226 valence electrons. The van der Waals surface area contributed by atoms with Crippen LogP contribution >= 0.6 is 0 Å². The number of halogens is 8. The molecule has 0 saturated heterocycles. The van der Waals surface area contributed by atoms with Gasteiger partial charge in [-0.3, -0.25) is 19.1 Å². The lowest BCUT2D eigenvalue weighted by atomic mass is 10.2. The second-order valence-corrected chi connectivity index (χ2v) is 8.46. The number of ether oxygens (including phenoxy) is 1. The lowest BCUT2D eigenvalue weighted by Gasteiger charge is -2.08. The van der Waals surface area contributed by atoms with Crippen LogP contribution in [-0.2, 0) is 23.6 Å². The van der Waals surface area contributed by atoms with E-state index in [0.29, 0.717) is 31.5 Å². The minimum atomic E-state index is -4.74. The standard InChI is InChI=1S/C19H17F5N4O2.C5H4F3N3O/c20-18(21)30-9-3-1-2-8-28-11-26-16-13(17(28)29)5-7-15(27-16)14-6-4-12(10-25-14)19(22,23)24;6-5(7,8)3-2(9)1-10-11-4(3)12/h4-7,10-11,18H,1-3,8-9H2;1H,(H3,9,11,12). The van der Waals surface area contributed by atoms with Crippen LogP contribution in [0, 0.1) is 0 Å². The highest BCUT2D eigenvalue weighted by atomic mass is 19.4. The Morgan fingerprint density at radius 2 is 1.62 bits per heavy atom. The van der Waals surface area contributed by atoms with Crippen LogP contribution in [0.1, 0.15) is 30.4 Å². The van der Waals surface area contributed by atoms with Crippen LogP contribution in [0.5, 0.6) is 0 Å². The molecule has 0 unspecified atom stereocenters. The number of H-pyrrole nitrogens is 1. The Kier molecular flexibility index (Phi) is 10.3. The smallest absolute Gasteiger partial charge is 0.397 e. The molecule has 0 aliphatic carbocycles. The topological polar surface area (TPSA) is 142 Å². The van der Waals surface area contributed by atoms with Crippen LogP contribution in [0.15, 0.2) is 52.6 Å². The number of rotatable bonds is 8. The van der Waals surface area contributed by atoms with E-state index in [1.807, 2.05) is 0 Å². The van der Waals surface area contributed by atoms with Crippen LogP contribution in [0.25, 0.3) is 22.4 Å². The van der Waals surface area contributed by atoms with Gasteiger partial charge in [0.25, 0.3) is 11.1 Å². The molecule has 4 heterocycles. The molecule has 4 aromatic rings. The van der Waals surface area contributed by atoms with Crippen molar-refractivity contribution in [2.45, 2.75) is 44.8 Å². The van der Waals surface area contributed by atoms with Crippen molar-refractivity contribution in [3.05, 3.63) is 74.8 Å². The fourth-order valence-electron chi connectivity index (χ4n) is 3.50. The van der Waals surface area contributed by atoms with Crippen molar-refractivity contribution in [3.8, 4) is 11.4 Å². The summed E-state index contributed by atoms with van der Waals surface area (Å²) in [6, 6.07) is 5.11. The Bertz CT molecular complexity index is 1600. The minimum Gasteiger partial charge on any atom is -0.397 e. The first-order valence-corrected chi connectivity index (χ1v) is 11.9. The molecular weight excluding hydrogens is 586 g/mol. The van der Waals surface area contributed by atoms with Gasteiger partial charge >= 0.3 is 19.0 Å². The monoisotopic (exact) mass is 607 g/mol. The summed E-state index contributed by atoms with van der Waals surface area (Å²) in [6.45, 7) is -2.47. The SMILES string of the molecule is Nc1cn[nH]c(=O)c1C(F)(F)F.O=c1c2ccc(-c3ccc(C(F)(F)F)cn3)nc2ncn1CCCCCOC(F)F. The molecule has 4 aromatic heterocycles. The number of unbranched alkanes of at least 4 members (excludes halogenated alkanes) is 2. The lowest BCUT2D eigenvalue weighted by Crippen LogP contribution is -2.24. The molecule has 0 aliphatic rings. The molecule has 4 rings (SSSR count). The highest BCUT2D eigenvalue weighted by Gasteiger charge is 2.36. The third kappa shape index (κ3) is 8.51. The fourth-order valence-corrected chi connectivity index (χ4v) is 3.50. The molecular formula is C24H21F8N7O3. The van der Waals surface area contributed by atoms with E-state index in [1.54, 1.807) is 5.10 Å². The van der Waals surface area contributed by atoms with Crippen LogP contribution in [-0.4, -0.2) is 42.9 Å². The summed E-state index contributed by atoms with van der Waals surface area (Å²) in [5.41, 5.74) is 0.980. The normalized spacial score (nSPS) is 11.9. The molecule has 0 saturated carbocycles. The van der Waals surface area contributed by atoms with Crippen LogP contribution in [0.3, 0.4) is 0 Å². The van der Waals surface area contributed by atoms with Crippen molar-refractivity contribution >= 4 is 16.7 Å². The number of aromatic nitrogens is 6. The molecule has 0 aliphatic heterocycles. The van der Waals surface area contributed by atoms with Gasteiger partial charge in [-0.05, 0) is 43.5 Å². The molecule has 0 bridgehead atoms. The molecule has 0 fully saturated rings. The van der Waals surface area contributed by atoms with E-state index >= 15 is 0 Å². The Balaban J connectivity index is 0.000000337. The molecule has 10 nitrogen and oxygen atoms in total. The Hall–Kier alpha value is -4.48. The number of nitrogens with zero attached hydrogens (tertiary/aromatic N) is 5. The van der Waals surface area contributed by atoms with Gasteiger partial charge < -0.3 is 10.5 Å².